The van der Waals surface area contributed by atoms with Crippen LogP contribution < -0.4 is 0 Å². The molecule has 0 rings (SSSR count). The summed E-state index contributed by atoms with van der Waals surface area (Å²) >= 11 is 0. The van der Waals surface area contributed by atoms with E-state index >= 15 is 0 Å². The van der Waals surface area contributed by atoms with Gasteiger partial charge in [-0.2, -0.15) is 0 Å². The van der Waals surface area contributed by atoms with Gasteiger partial charge in [-0.15, -0.1) is 0 Å². The van der Waals surface area contributed by atoms with Crippen LogP contribution in [0.15, 0.2) is 0 Å². The van der Waals surface area contributed by atoms with Gasteiger partial charge in [0.25, 0.3) is 0 Å². The summed E-state index contributed by atoms with van der Waals surface area (Å²) in [5.41, 5.74) is 0. The van der Waals surface area contributed by atoms with Gasteiger partial charge in [-0.05, 0) is 13.8 Å². The summed E-state index contributed by atoms with van der Waals surface area (Å²) < 4.78 is 0. The molecule has 0 saturated heterocycles. The van der Waals surface area contributed by atoms with Gasteiger partial charge in [0.2, 0.25) is 0 Å². The normalized spacial score (nSPS) is 10.0. The molecule has 1 heteroatoms. The Labute approximate surface area is 128 Å². The third-order valence-corrected chi connectivity index (χ3v) is 3.46. The van der Waals surface area contributed by atoms with Gasteiger partial charge in [-0.1, -0.05) is 104 Å². The van der Waals surface area contributed by atoms with Crippen molar-refractivity contribution in [2.75, 3.05) is 0 Å². The lowest BCUT2D eigenvalue weighted by molar-refractivity contribution is -0.114. The predicted octanol–water partition coefficient (Wildman–Crippen LogP) is 7.08. The summed E-state index contributed by atoms with van der Waals surface area (Å²) in [7, 11) is 0. The number of carbonyl (C=O) groups excluding carboxylic acids is 1. The minimum absolute atomic E-state index is 0.167. The van der Waals surface area contributed by atoms with Crippen LogP contribution >= 0.6 is 0 Å². The quantitative estimate of drug-likeness (QED) is 0.330. The molecule has 0 spiro atoms. The number of rotatable bonds is 13. The van der Waals surface area contributed by atoms with Gasteiger partial charge in [0.05, 0.1) is 0 Å². The maximum atomic E-state index is 9.44. The fourth-order valence-electron chi connectivity index (χ4n) is 2.27. The highest BCUT2D eigenvalue weighted by atomic mass is 16.1. The Kier molecular flexibility index (Phi) is 23.0. The van der Waals surface area contributed by atoms with Gasteiger partial charge in [-0.3, -0.25) is 0 Å². The van der Waals surface area contributed by atoms with Crippen molar-refractivity contribution in [2.24, 2.45) is 0 Å². The number of unbranched alkanes of at least 4 members (excludes halogenated alkanes) is 13. The Morgan fingerprint density at radius 2 is 0.650 bits per heavy atom. The molecule has 122 valence electrons. The number of hydrogen-bond acceptors (Lipinski definition) is 1. The average molecular weight is 285 g/mol. The van der Waals surface area contributed by atoms with Crippen LogP contribution in [0.1, 0.15) is 118 Å². The van der Waals surface area contributed by atoms with E-state index in [1.54, 1.807) is 0 Å². The SMILES string of the molecule is CC(C)=O.CCCCCCCCCCCCCCCC. The average Bonchev–Trinajstić information content (AvgIpc) is 2.39. The largest absolute Gasteiger partial charge is 0.300 e. The van der Waals surface area contributed by atoms with Crippen LogP contribution in [0.25, 0.3) is 0 Å². The molecule has 0 aromatic rings. The standard InChI is InChI=1S/C16H34.C3H6O/c1-3-5-7-9-11-13-15-16-14-12-10-8-6-4-2;1-3(2)4/h3-16H2,1-2H3;1-2H3. The number of carbonyl (C=O) groups is 1. The van der Waals surface area contributed by atoms with Gasteiger partial charge in [0, 0.05) is 0 Å². The van der Waals surface area contributed by atoms with Crippen molar-refractivity contribution in [3.8, 4) is 0 Å². The number of ketones is 1. The molecule has 0 heterocycles. The van der Waals surface area contributed by atoms with E-state index in [2.05, 4.69) is 13.8 Å². The van der Waals surface area contributed by atoms with Crippen LogP contribution in [-0.4, -0.2) is 5.78 Å². The first-order chi connectivity index (χ1) is 9.65. The van der Waals surface area contributed by atoms with Crippen LogP contribution in [0.3, 0.4) is 0 Å². The van der Waals surface area contributed by atoms with Gasteiger partial charge in [0.15, 0.2) is 0 Å². The van der Waals surface area contributed by atoms with Crippen LogP contribution in [-0.2, 0) is 4.79 Å². The maximum Gasteiger partial charge on any atom is 0.126 e. The van der Waals surface area contributed by atoms with E-state index in [9.17, 15) is 4.79 Å². The molecule has 0 radical (unpaired) electrons. The molecule has 0 bridgehead atoms. The molecule has 0 aliphatic carbocycles. The minimum atomic E-state index is 0.167. The molecule has 0 unspecified atom stereocenters. The van der Waals surface area contributed by atoms with Crippen molar-refractivity contribution in [3.63, 3.8) is 0 Å². The molecule has 0 saturated carbocycles. The molecule has 0 fully saturated rings. The molecule has 1 nitrogen and oxygen atoms in total. The zero-order valence-electron chi connectivity index (χ0n) is 14.8. The van der Waals surface area contributed by atoms with E-state index in [-0.39, 0.29) is 5.78 Å². The van der Waals surface area contributed by atoms with E-state index in [1.165, 1.54) is 104 Å². The molecule has 0 atom stereocenters. The summed E-state index contributed by atoms with van der Waals surface area (Å²) in [6.45, 7) is 7.64. The molecular weight excluding hydrogens is 244 g/mol. The van der Waals surface area contributed by atoms with E-state index in [4.69, 9.17) is 0 Å². The third-order valence-electron chi connectivity index (χ3n) is 3.46. The Morgan fingerprint density at radius 1 is 0.500 bits per heavy atom. The first-order valence-corrected chi connectivity index (χ1v) is 9.12. The first-order valence-electron chi connectivity index (χ1n) is 9.12. The molecule has 0 N–H and O–H groups in total. The summed E-state index contributed by atoms with van der Waals surface area (Å²) in [6, 6.07) is 0. The van der Waals surface area contributed by atoms with E-state index in [0.29, 0.717) is 0 Å². The maximum absolute atomic E-state index is 9.44. The fraction of sp³-hybridized carbons (Fsp3) is 0.947. The van der Waals surface area contributed by atoms with Crippen molar-refractivity contribution in [1.82, 2.24) is 0 Å². The van der Waals surface area contributed by atoms with Crippen molar-refractivity contribution in [2.45, 2.75) is 118 Å². The monoisotopic (exact) mass is 284 g/mol. The zero-order valence-corrected chi connectivity index (χ0v) is 14.8. The van der Waals surface area contributed by atoms with E-state index in [0.717, 1.165) is 0 Å². The fourth-order valence-corrected chi connectivity index (χ4v) is 2.27. The zero-order chi connectivity index (χ0) is 15.5. The summed E-state index contributed by atoms with van der Waals surface area (Å²) in [6.07, 6.45) is 20.4. The topological polar surface area (TPSA) is 17.1 Å². The highest BCUT2D eigenvalue weighted by Crippen LogP contribution is 2.12. The van der Waals surface area contributed by atoms with Gasteiger partial charge >= 0.3 is 0 Å². The lowest BCUT2D eigenvalue weighted by atomic mass is 10.0. The van der Waals surface area contributed by atoms with Crippen molar-refractivity contribution in [1.29, 1.82) is 0 Å². The Hall–Kier alpha value is -0.330. The van der Waals surface area contributed by atoms with E-state index in [1.807, 2.05) is 0 Å². The van der Waals surface area contributed by atoms with Gasteiger partial charge in [-0.25, -0.2) is 0 Å². The summed E-state index contributed by atoms with van der Waals surface area (Å²) in [4.78, 5) is 9.44. The highest BCUT2D eigenvalue weighted by molar-refractivity contribution is 5.72. The molecule has 0 aliphatic rings. The van der Waals surface area contributed by atoms with Gasteiger partial charge < -0.3 is 4.79 Å². The second-order valence-corrected chi connectivity index (χ2v) is 6.15. The summed E-state index contributed by atoms with van der Waals surface area (Å²) in [5, 5.41) is 0. The first kappa shape index (κ1) is 22.0. The Morgan fingerprint density at radius 3 is 0.800 bits per heavy atom. The molecule has 0 aliphatic heterocycles. The van der Waals surface area contributed by atoms with Crippen LogP contribution in [0.4, 0.5) is 0 Å². The molecule has 0 aromatic heterocycles. The predicted molar refractivity (Wildman–Crippen MR) is 92.3 cm³/mol. The smallest absolute Gasteiger partial charge is 0.126 e. The van der Waals surface area contributed by atoms with Crippen molar-refractivity contribution >= 4 is 5.78 Å². The Balaban J connectivity index is 0. The van der Waals surface area contributed by atoms with Crippen LogP contribution in [0.2, 0.25) is 0 Å². The van der Waals surface area contributed by atoms with Crippen molar-refractivity contribution < 1.29 is 4.79 Å². The second-order valence-electron chi connectivity index (χ2n) is 6.15. The molecule has 20 heavy (non-hydrogen) atoms. The minimum Gasteiger partial charge on any atom is -0.300 e. The van der Waals surface area contributed by atoms with Crippen molar-refractivity contribution in [3.05, 3.63) is 0 Å². The Bertz CT molecular complexity index is 157. The lowest BCUT2D eigenvalue weighted by Crippen LogP contribution is -1.82. The van der Waals surface area contributed by atoms with E-state index < -0.39 is 0 Å². The number of hydrogen-bond donors (Lipinski definition) is 0. The number of Topliss-reactive ketones (excluding diaryl/α,β-unsaturated/α-hetero) is 1. The second kappa shape index (κ2) is 21.0. The molecular formula is C19H40O. The van der Waals surface area contributed by atoms with Crippen LogP contribution in [0, 0.1) is 0 Å². The summed E-state index contributed by atoms with van der Waals surface area (Å²) in [5.74, 6) is 0.167. The molecule has 0 aromatic carbocycles. The lowest BCUT2D eigenvalue weighted by Gasteiger charge is -2.02. The highest BCUT2D eigenvalue weighted by Gasteiger charge is 1.92. The molecule has 0 amide bonds. The third kappa shape index (κ3) is 30.6. The van der Waals surface area contributed by atoms with Gasteiger partial charge in [0.1, 0.15) is 5.78 Å². The van der Waals surface area contributed by atoms with Crippen LogP contribution in [0.5, 0.6) is 0 Å².